The second-order valence-electron chi connectivity index (χ2n) is 5.17. The predicted molar refractivity (Wildman–Crippen MR) is 83.6 cm³/mol. The molecule has 4 nitrogen and oxygen atoms in total. The van der Waals surface area contributed by atoms with Gasteiger partial charge in [-0.05, 0) is 6.92 Å². The van der Waals surface area contributed by atoms with E-state index in [4.69, 9.17) is 11.6 Å². The van der Waals surface area contributed by atoms with Gasteiger partial charge in [0.15, 0.2) is 5.82 Å². The van der Waals surface area contributed by atoms with E-state index in [1.54, 1.807) is 0 Å². The molecule has 0 aliphatic carbocycles. The maximum atomic E-state index is 5.81. The molecular formula is C15H19ClN4. The average molecular weight is 291 g/mol. The number of hydrogen-bond acceptors (Lipinski definition) is 4. The van der Waals surface area contributed by atoms with E-state index < -0.39 is 0 Å². The number of alkyl halides is 1. The van der Waals surface area contributed by atoms with Crippen LogP contribution in [0.4, 0.5) is 5.82 Å². The number of hydrogen-bond donors (Lipinski definition) is 0. The van der Waals surface area contributed by atoms with Gasteiger partial charge in [0, 0.05) is 49.4 Å². The van der Waals surface area contributed by atoms with E-state index in [0.29, 0.717) is 5.88 Å². The van der Waals surface area contributed by atoms with E-state index in [1.807, 2.05) is 6.92 Å². The molecule has 20 heavy (non-hydrogen) atoms. The van der Waals surface area contributed by atoms with Gasteiger partial charge in [-0.2, -0.15) is 5.10 Å². The van der Waals surface area contributed by atoms with Crippen LogP contribution in [0.3, 0.4) is 0 Å². The van der Waals surface area contributed by atoms with Gasteiger partial charge in [0.2, 0.25) is 0 Å². The summed E-state index contributed by atoms with van der Waals surface area (Å²) in [6, 6.07) is 8.37. The molecule has 3 rings (SSSR count). The maximum absolute atomic E-state index is 5.81. The molecule has 1 saturated heterocycles. The van der Waals surface area contributed by atoms with E-state index in [1.165, 1.54) is 10.8 Å². The van der Waals surface area contributed by atoms with Crippen LogP contribution in [-0.2, 0) is 0 Å². The number of anilines is 1. The number of halogens is 1. The number of fused-ring (bicyclic) bond motifs is 1. The zero-order chi connectivity index (χ0) is 13.9. The summed E-state index contributed by atoms with van der Waals surface area (Å²) in [7, 11) is 0. The lowest BCUT2D eigenvalue weighted by atomic mass is 10.1. The second kappa shape index (κ2) is 5.94. The Bertz CT molecular complexity index is 593. The third kappa shape index (κ3) is 2.58. The van der Waals surface area contributed by atoms with Crippen LogP contribution in [0.2, 0.25) is 0 Å². The molecule has 1 aliphatic rings. The molecule has 0 spiro atoms. The molecule has 5 heteroatoms. The molecule has 0 unspecified atom stereocenters. The summed E-state index contributed by atoms with van der Waals surface area (Å²) < 4.78 is 0. The molecule has 0 N–H and O–H groups in total. The van der Waals surface area contributed by atoms with Gasteiger partial charge >= 0.3 is 0 Å². The van der Waals surface area contributed by atoms with Crippen molar-refractivity contribution in [3.05, 3.63) is 30.0 Å². The highest BCUT2D eigenvalue weighted by Crippen LogP contribution is 2.26. The van der Waals surface area contributed by atoms with Gasteiger partial charge in [0.1, 0.15) is 0 Å². The third-order valence-corrected chi connectivity index (χ3v) is 4.09. The Balaban J connectivity index is 1.87. The van der Waals surface area contributed by atoms with Crippen molar-refractivity contribution in [1.82, 2.24) is 15.1 Å². The zero-order valence-corrected chi connectivity index (χ0v) is 12.5. The number of piperazine rings is 1. The van der Waals surface area contributed by atoms with Gasteiger partial charge in [-0.15, -0.1) is 16.7 Å². The first-order valence-electron chi connectivity index (χ1n) is 7.05. The number of rotatable bonds is 3. The first-order chi connectivity index (χ1) is 9.79. The predicted octanol–water partition coefficient (Wildman–Crippen LogP) is 2.30. The van der Waals surface area contributed by atoms with Crippen molar-refractivity contribution in [3.8, 4) is 0 Å². The van der Waals surface area contributed by atoms with Crippen LogP contribution < -0.4 is 4.90 Å². The second-order valence-corrected chi connectivity index (χ2v) is 5.55. The van der Waals surface area contributed by atoms with Gasteiger partial charge in [-0.3, -0.25) is 4.90 Å². The van der Waals surface area contributed by atoms with Crippen LogP contribution in [-0.4, -0.2) is 53.7 Å². The Kier molecular flexibility index (Phi) is 4.03. The van der Waals surface area contributed by atoms with Crippen molar-refractivity contribution in [1.29, 1.82) is 0 Å². The Morgan fingerprint density at radius 1 is 1.05 bits per heavy atom. The molecule has 0 amide bonds. The van der Waals surface area contributed by atoms with Crippen LogP contribution in [0, 0.1) is 6.92 Å². The van der Waals surface area contributed by atoms with Crippen LogP contribution in [0.5, 0.6) is 0 Å². The fourth-order valence-electron chi connectivity index (χ4n) is 2.76. The Labute approximate surface area is 124 Å². The minimum atomic E-state index is 0.702. The van der Waals surface area contributed by atoms with Crippen molar-refractivity contribution in [2.24, 2.45) is 0 Å². The Hall–Kier alpha value is -1.39. The molecule has 1 aliphatic heterocycles. The molecule has 1 aromatic heterocycles. The topological polar surface area (TPSA) is 32.3 Å². The zero-order valence-electron chi connectivity index (χ0n) is 11.7. The van der Waals surface area contributed by atoms with Crippen molar-refractivity contribution >= 4 is 28.2 Å². The molecule has 2 aromatic rings. The minimum absolute atomic E-state index is 0.702. The summed E-state index contributed by atoms with van der Waals surface area (Å²) in [6.45, 7) is 7.03. The quantitative estimate of drug-likeness (QED) is 0.812. The van der Waals surface area contributed by atoms with E-state index in [-0.39, 0.29) is 0 Å². The summed E-state index contributed by atoms with van der Waals surface area (Å²) in [6.07, 6.45) is 0. The van der Waals surface area contributed by atoms with Crippen molar-refractivity contribution in [3.63, 3.8) is 0 Å². The molecule has 0 atom stereocenters. The van der Waals surface area contributed by atoms with Crippen LogP contribution in [0.25, 0.3) is 10.8 Å². The van der Waals surface area contributed by atoms with E-state index in [0.717, 1.165) is 44.2 Å². The molecule has 0 saturated carbocycles. The number of benzene rings is 1. The molecule has 0 bridgehead atoms. The summed E-state index contributed by atoms with van der Waals surface area (Å²) in [4.78, 5) is 4.73. The lowest BCUT2D eigenvalue weighted by Crippen LogP contribution is -2.47. The monoisotopic (exact) mass is 290 g/mol. The minimum Gasteiger partial charge on any atom is -0.352 e. The van der Waals surface area contributed by atoms with Gasteiger partial charge in [-0.25, -0.2) is 0 Å². The largest absolute Gasteiger partial charge is 0.352 e. The van der Waals surface area contributed by atoms with Crippen LogP contribution in [0.15, 0.2) is 24.3 Å². The standard InChI is InChI=1S/C15H19ClN4/c1-12-13-4-2-3-5-14(13)15(18-17-12)20-10-8-19(7-6-16)9-11-20/h2-5H,6-11H2,1H3. The lowest BCUT2D eigenvalue weighted by Gasteiger charge is -2.35. The first kappa shape index (κ1) is 13.6. The summed E-state index contributed by atoms with van der Waals surface area (Å²) in [5.74, 6) is 1.71. The van der Waals surface area contributed by atoms with Gasteiger partial charge in [-0.1, -0.05) is 24.3 Å². The number of aromatic nitrogens is 2. The fourth-order valence-corrected chi connectivity index (χ4v) is 3.00. The maximum Gasteiger partial charge on any atom is 0.159 e. The Morgan fingerprint density at radius 3 is 2.45 bits per heavy atom. The van der Waals surface area contributed by atoms with Crippen LogP contribution in [0.1, 0.15) is 5.69 Å². The van der Waals surface area contributed by atoms with Gasteiger partial charge in [0.25, 0.3) is 0 Å². The molecular weight excluding hydrogens is 272 g/mol. The van der Waals surface area contributed by atoms with Crippen molar-refractivity contribution in [2.45, 2.75) is 6.92 Å². The number of aryl methyl sites for hydroxylation is 1. The lowest BCUT2D eigenvalue weighted by molar-refractivity contribution is 0.272. The van der Waals surface area contributed by atoms with E-state index in [2.05, 4.69) is 44.3 Å². The highest BCUT2D eigenvalue weighted by molar-refractivity contribution is 6.18. The van der Waals surface area contributed by atoms with Crippen LogP contribution >= 0.6 is 11.6 Å². The normalized spacial score (nSPS) is 16.8. The third-order valence-electron chi connectivity index (χ3n) is 3.93. The van der Waals surface area contributed by atoms with Crippen molar-refractivity contribution < 1.29 is 0 Å². The highest BCUT2D eigenvalue weighted by atomic mass is 35.5. The SMILES string of the molecule is Cc1nnc(N2CCN(CCCl)CC2)c2ccccc12. The molecule has 106 valence electrons. The summed E-state index contributed by atoms with van der Waals surface area (Å²) >= 11 is 5.81. The fraction of sp³-hybridized carbons (Fsp3) is 0.467. The molecule has 1 aromatic carbocycles. The smallest absolute Gasteiger partial charge is 0.159 e. The molecule has 2 heterocycles. The van der Waals surface area contributed by atoms with E-state index in [9.17, 15) is 0 Å². The first-order valence-corrected chi connectivity index (χ1v) is 7.58. The average Bonchev–Trinajstić information content (AvgIpc) is 2.49. The summed E-state index contributed by atoms with van der Waals surface area (Å²) in [5, 5.41) is 11.1. The number of nitrogens with zero attached hydrogens (tertiary/aromatic N) is 4. The van der Waals surface area contributed by atoms with Gasteiger partial charge in [0.05, 0.1) is 5.69 Å². The Morgan fingerprint density at radius 2 is 1.75 bits per heavy atom. The summed E-state index contributed by atoms with van der Waals surface area (Å²) in [5.41, 5.74) is 0.991. The molecule has 1 fully saturated rings. The molecule has 0 radical (unpaired) electrons. The van der Waals surface area contributed by atoms with Gasteiger partial charge < -0.3 is 4.90 Å². The van der Waals surface area contributed by atoms with E-state index >= 15 is 0 Å². The highest BCUT2D eigenvalue weighted by Gasteiger charge is 2.19. The van der Waals surface area contributed by atoms with Crippen molar-refractivity contribution in [2.75, 3.05) is 43.5 Å².